The predicted molar refractivity (Wildman–Crippen MR) is 79.1 cm³/mol. The van der Waals surface area contributed by atoms with Gasteiger partial charge in [-0.2, -0.15) is 0 Å². The summed E-state index contributed by atoms with van der Waals surface area (Å²) in [5.41, 5.74) is 7.27. The van der Waals surface area contributed by atoms with E-state index in [-0.39, 0.29) is 9.92 Å². The molecule has 2 rings (SSSR count). The normalized spacial score (nSPS) is 11.3. The van der Waals surface area contributed by atoms with Crippen LogP contribution in [0.15, 0.2) is 41.4 Å². The number of hydrogen-bond donors (Lipinski definition) is 2. The first-order chi connectivity index (χ1) is 9.44. The van der Waals surface area contributed by atoms with Crippen molar-refractivity contribution in [1.29, 1.82) is 0 Å². The van der Waals surface area contributed by atoms with Gasteiger partial charge in [-0.05, 0) is 36.8 Å². The van der Waals surface area contributed by atoms with Crippen LogP contribution >= 0.6 is 11.6 Å². The molecule has 0 bridgehead atoms. The van der Waals surface area contributed by atoms with Crippen LogP contribution in [0.25, 0.3) is 0 Å². The van der Waals surface area contributed by atoms with E-state index in [4.69, 9.17) is 17.3 Å². The summed E-state index contributed by atoms with van der Waals surface area (Å²) in [6, 6.07) is 7.92. The van der Waals surface area contributed by atoms with E-state index in [1.807, 2.05) is 0 Å². The van der Waals surface area contributed by atoms with E-state index in [2.05, 4.69) is 9.71 Å². The number of nitrogens with one attached hydrogen (secondary N) is 1. The molecule has 0 saturated carbocycles. The average molecular weight is 312 g/mol. The number of aryl methyl sites for hydroxylation is 1. The Balaban J connectivity index is 2.39. The van der Waals surface area contributed by atoms with E-state index in [0.717, 1.165) is 5.56 Å². The van der Waals surface area contributed by atoms with Gasteiger partial charge in [0.1, 0.15) is 4.90 Å². The van der Waals surface area contributed by atoms with Crippen molar-refractivity contribution in [3.8, 4) is 0 Å². The number of halogens is 1. The van der Waals surface area contributed by atoms with Gasteiger partial charge in [0.05, 0.1) is 16.4 Å². The Morgan fingerprint density at radius 1 is 1.35 bits per heavy atom. The number of hydrogen-bond acceptors (Lipinski definition) is 4. The Labute approximate surface area is 122 Å². The van der Waals surface area contributed by atoms with Gasteiger partial charge < -0.3 is 5.73 Å². The fourth-order valence-corrected chi connectivity index (χ4v) is 3.37. The van der Waals surface area contributed by atoms with E-state index in [1.54, 1.807) is 37.4 Å². The maximum atomic E-state index is 12.3. The lowest BCUT2D eigenvalue weighted by Gasteiger charge is -2.11. The zero-order valence-electron chi connectivity index (χ0n) is 10.8. The first kappa shape index (κ1) is 14.8. The molecular formula is C13H14ClN3O2S. The van der Waals surface area contributed by atoms with Crippen LogP contribution in [0, 0.1) is 6.92 Å². The van der Waals surface area contributed by atoms with Crippen LogP contribution in [0.1, 0.15) is 11.3 Å². The van der Waals surface area contributed by atoms with E-state index < -0.39 is 10.0 Å². The third kappa shape index (κ3) is 3.09. The number of benzene rings is 1. The third-order valence-corrected chi connectivity index (χ3v) is 4.62. The van der Waals surface area contributed by atoms with Gasteiger partial charge in [0.15, 0.2) is 0 Å². The van der Waals surface area contributed by atoms with Crippen molar-refractivity contribution in [2.75, 3.05) is 4.72 Å². The van der Waals surface area contributed by atoms with Gasteiger partial charge in [-0.3, -0.25) is 9.71 Å². The third-order valence-electron chi connectivity index (χ3n) is 2.77. The Bertz CT molecular complexity index is 732. The summed E-state index contributed by atoms with van der Waals surface area (Å²) in [7, 11) is -3.75. The molecule has 0 unspecified atom stereocenters. The van der Waals surface area contributed by atoms with E-state index in [0.29, 0.717) is 17.9 Å². The van der Waals surface area contributed by atoms with Crippen molar-refractivity contribution < 1.29 is 8.42 Å². The van der Waals surface area contributed by atoms with Gasteiger partial charge >= 0.3 is 0 Å². The van der Waals surface area contributed by atoms with Crippen LogP contribution in [-0.4, -0.2) is 13.4 Å². The minimum Gasteiger partial charge on any atom is -0.326 e. The molecule has 5 nitrogen and oxygen atoms in total. The summed E-state index contributed by atoms with van der Waals surface area (Å²) in [6.07, 6.45) is 1.59. The molecule has 0 fully saturated rings. The zero-order chi connectivity index (χ0) is 14.8. The molecule has 0 atom stereocenters. The van der Waals surface area contributed by atoms with Crippen LogP contribution < -0.4 is 10.5 Å². The Morgan fingerprint density at radius 3 is 2.70 bits per heavy atom. The monoisotopic (exact) mass is 311 g/mol. The quantitative estimate of drug-likeness (QED) is 0.907. The summed E-state index contributed by atoms with van der Waals surface area (Å²) >= 11 is 6.01. The van der Waals surface area contributed by atoms with Crippen LogP contribution in [-0.2, 0) is 16.6 Å². The summed E-state index contributed by atoms with van der Waals surface area (Å²) in [6.45, 7) is 2.02. The first-order valence-electron chi connectivity index (χ1n) is 5.87. The lowest BCUT2D eigenvalue weighted by molar-refractivity contribution is 0.601. The second kappa shape index (κ2) is 5.78. The topological polar surface area (TPSA) is 85.1 Å². The predicted octanol–water partition coefficient (Wildman–Crippen LogP) is 2.30. The minimum absolute atomic E-state index is 0.0135. The summed E-state index contributed by atoms with van der Waals surface area (Å²) in [5.74, 6) is 0. The molecule has 0 saturated heterocycles. The molecule has 1 aromatic carbocycles. The van der Waals surface area contributed by atoms with Crippen molar-refractivity contribution in [3.05, 3.63) is 52.8 Å². The van der Waals surface area contributed by atoms with Gasteiger partial charge in [-0.1, -0.05) is 17.7 Å². The lowest BCUT2D eigenvalue weighted by atomic mass is 10.2. The molecular weight excluding hydrogens is 298 g/mol. The van der Waals surface area contributed by atoms with Crippen LogP contribution in [0.3, 0.4) is 0 Å². The van der Waals surface area contributed by atoms with E-state index in [1.165, 1.54) is 6.07 Å². The highest BCUT2D eigenvalue weighted by molar-refractivity contribution is 7.92. The van der Waals surface area contributed by atoms with Crippen molar-refractivity contribution in [3.63, 3.8) is 0 Å². The molecule has 20 heavy (non-hydrogen) atoms. The van der Waals surface area contributed by atoms with Gasteiger partial charge in [0.2, 0.25) is 0 Å². The number of sulfonamides is 1. The minimum atomic E-state index is -3.75. The molecule has 0 spiro atoms. The molecule has 0 aliphatic heterocycles. The number of aromatic nitrogens is 1. The van der Waals surface area contributed by atoms with Crippen molar-refractivity contribution in [2.45, 2.75) is 18.4 Å². The number of nitrogens with two attached hydrogens (primary N) is 1. The van der Waals surface area contributed by atoms with Crippen molar-refractivity contribution in [1.82, 2.24) is 4.98 Å². The highest BCUT2D eigenvalue weighted by atomic mass is 35.5. The van der Waals surface area contributed by atoms with Crippen molar-refractivity contribution in [2.24, 2.45) is 5.73 Å². The molecule has 0 aliphatic carbocycles. The highest BCUT2D eigenvalue weighted by Crippen LogP contribution is 2.25. The van der Waals surface area contributed by atoms with Crippen molar-refractivity contribution >= 4 is 27.3 Å². The fraction of sp³-hybridized carbons (Fsp3) is 0.154. The molecule has 2 aromatic rings. The Kier molecular flexibility index (Phi) is 4.27. The highest BCUT2D eigenvalue weighted by Gasteiger charge is 2.19. The van der Waals surface area contributed by atoms with E-state index >= 15 is 0 Å². The summed E-state index contributed by atoms with van der Waals surface area (Å²) < 4.78 is 27.1. The molecule has 1 aromatic heterocycles. The molecule has 0 radical (unpaired) electrons. The molecule has 7 heteroatoms. The largest absolute Gasteiger partial charge is 0.326 e. The standard InChI is InChI=1S/C13H14ClN3O2S/c1-9-12(3-2-6-16-9)17-20(18,19)13-5-4-10(8-15)7-11(13)14/h2-7,17H,8,15H2,1H3. The molecule has 0 amide bonds. The van der Waals surface area contributed by atoms with Gasteiger partial charge in [-0.15, -0.1) is 0 Å². The number of anilines is 1. The first-order valence-corrected chi connectivity index (χ1v) is 7.73. The SMILES string of the molecule is Cc1ncccc1NS(=O)(=O)c1ccc(CN)cc1Cl. The van der Waals surface area contributed by atoms with Crippen LogP contribution in [0.4, 0.5) is 5.69 Å². The fourth-order valence-electron chi connectivity index (χ4n) is 1.68. The molecule has 0 aliphatic rings. The summed E-state index contributed by atoms with van der Waals surface area (Å²) in [4.78, 5) is 4.04. The number of nitrogens with zero attached hydrogens (tertiary/aromatic N) is 1. The second-order valence-electron chi connectivity index (χ2n) is 4.21. The number of pyridine rings is 1. The van der Waals surface area contributed by atoms with E-state index in [9.17, 15) is 8.42 Å². The smallest absolute Gasteiger partial charge is 0.263 e. The Morgan fingerprint density at radius 2 is 2.10 bits per heavy atom. The van der Waals surface area contributed by atoms with Gasteiger partial charge in [0, 0.05) is 12.7 Å². The van der Waals surface area contributed by atoms with Crippen LogP contribution in [0.2, 0.25) is 5.02 Å². The molecule has 106 valence electrons. The Hall–Kier alpha value is -1.63. The van der Waals surface area contributed by atoms with Gasteiger partial charge in [-0.25, -0.2) is 8.42 Å². The summed E-state index contributed by atoms with van der Waals surface area (Å²) in [5, 5.41) is 0.141. The average Bonchev–Trinajstić information content (AvgIpc) is 2.40. The zero-order valence-corrected chi connectivity index (χ0v) is 12.4. The molecule has 1 heterocycles. The lowest BCUT2D eigenvalue weighted by Crippen LogP contribution is -2.15. The van der Waals surface area contributed by atoms with Crippen LogP contribution in [0.5, 0.6) is 0 Å². The van der Waals surface area contributed by atoms with Gasteiger partial charge in [0.25, 0.3) is 10.0 Å². The second-order valence-corrected chi connectivity index (χ2v) is 6.27. The molecule has 3 N–H and O–H groups in total. The maximum Gasteiger partial charge on any atom is 0.263 e. The maximum absolute atomic E-state index is 12.3. The number of rotatable bonds is 4.